The highest BCUT2D eigenvalue weighted by Gasteiger charge is 2.19. The molecule has 0 saturated heterocycles. The van der Waals surface area contributed by atoms with Crippen LogP contribution in [0.1, 0.15) is 15.9 Å². The summed E-state index contributed by atoms with van der Waals surface area (Å²) < 4.78 is 14.8. The summed E-state index contributed by atoms with van der Waals surface area (Å²) in [6, 6.07) is 10.8. The maximum atomic E-state index is 12.0. The maximum absolute atomic E-state index is 12.0. The Bertz CT molecular complexity index is 851. The van der Waals surface area contributed by atoms with E-state index in [1.165, 1.54) is 19.2 Å². The van der Waals surface area contributed by atoms with Gasteiger partial charge in [0, 0.05) is 12.6 Å². The van der Waals surface area contributed by atoms with Crippen LogP contribution in [-0.4, -0.2) is 37.6 Å². The summed E-state index contributed by atoms with van der Waals surface area (Å²) in [5, 5.41) is 13.6. The van der Waals surface area contributed by atoms with Crippen molar-refractivity contribution in [3.8, 4) is 11.5 Å². The van der Waals surface area contributed by atoms with Gasteiger partial charge >= 0.3 is 11.7 Å². The number of hydrogen-bond donors (Lipinski definition) is 1. The Kier molecular flexibility index (Phi) is 6.70. The highest BCUT2D eigenvalue weighted by molar-refractivity contribution is 5.92. The van der Waals surface area contributed by atoms with E-state index in [0.29, 0.717) is 5.75 Å². The van der Waals surface area contributed by atoms with Crippen LogP contribution in [0.2, 0.25) is 0 Å². The number of hydrogen-bond acceptors (Lipinski definition) is 7. The summed E-state index contributed by atoms with van der Waals surface area (Å²) in [6.45, 7) is -0.274. The van der Waals surface area contributed by atoms with Gasteiger partial charge in [-0.15, -0.1) is 0 Å². The van der Waals surface area contributed by atoms with Gasteiger partial charge in [-0.1, -0.05) is 12.1 Å². The number of nitrogens with one attached hydrogen (secondary N) is 1. The van der Waals surface area contributed by atoms with Crippen LogP contribution >= 0.6 is 0 Å². The van der Waals surface area contributed by atoms with Gasteiger partial charge in [-0.05, 0) is 29.8 Å². The molecule has 142 valence electrons. The van der Waals surface area contributed by atoms with Crippen LogP contribution in [-0.2, 0) is 16.1 Å². The van der Waals surface area contributed by atoms with Gasteiger partial charge < -0.3 is 19.5 Å². The Labute approximate surface area is 155 Å². The number of methoxy groups -OCH3 is 2. The summed E-state index contributed by atoms with van der Waals surface area (Å²) in [6.07, 6.45) is 0. The number of nitrogens with zero attached hydrogens (tertiary/aromatic N) is 1. The molecule has 1 N–H and O–H groups in total. The topological polar surface area (TPSA) is 117 Å². The molecule has 27 heavy (non-hydrogen) atoms. The van der Waals surface area contributed by atoms with E-state index >= 15 is 0 Å². The van der Waals surface area contributed by atoms with Crippen LogP contribution < -0.4 is 14.8 Å². The van der Waals surface area contributed by atoms with Crippen molar-refractivity contribution >= 4 is 17.6 Å². The second-order valence-corrected chi connectivity index (χ2v) is 5.35. The van der Waals surface area contributed by atoms with Crippen LogP contribution in [0.5, 0.6) is 11.5 Å². The number of benzene rings is 2. The van der Waals surface area contributed by atoms with E-state index in [2.05, 4.69) is 5.32 Å². The molecule has 9 heteroatoms. The molecular weight excluding hydrogens is 356 g/mol. The van der Waals surface area contributed by atoms with Crippen LogP contribution in [0.15, 0.2) is 42.5 Å². The lowest BCUT2D eigenvalue weighted by Crippen LogP contribution is -2.28. The van der Waals surface area contributed by atoms with Crippen LogP contribution in [0.25, 0.3) is 0 Å². The van der Waals surface area contributed by atoms with E-state index in [9.17, 15) is 19.7 Å². The standard InChI is InChI=1S/C18H18N2O7/c1-25-14-5-3-4-12(8-14)10-19-17(21)11-27-18(22)13-6-7-16(26-2)15(9-13)20(23)24/h3-9H,10-11H2,1-2H3,(H,19,21). The first-order chi connectivity index (χ1) is 12.9. The maximum Gasteiger partial charge on any atom is 0.338 e. The molecule has 2 aromatic rings. The monoisotopic (exact) mass is 374 g/mol. The first-order valence-electron chi connectivity index (χ1n) is 7.83. The first-order valence-corrected chi connectivity index (χ1v) is 7.83. The second kappa shape index (κ2) is 9.18. The minimum absolute atomic E-state index is 0.0209. The van der Waals surface area contributed by atoms with Gasteiger partial charge in [0.25, 0.3) is 5.91 Å². The molecular formula is C18H18N2O7. The zero-order valence-corrected chi connectivity index (χ0v) is 14.8. The number of rotatable bonds is 8. The van der Waals surface area contributed by atoms with Crippen molar-refractivity contribution in [1.29, 1.82) is 0 Å². The molecule has 9 nitrogen and oxygen atoms in total. The predicted octanol–water partition coefficient (Wildman–Crippen LogP) is 2.09. The van der Waals surface area contributed by atoms with Gasteiger partial charge in [0.2, 0.25) is 0 Å². The van der Waals surface area contributed by atoms with Crippen LogP contribution in [0, 0.1) is 10.1 Å². The summed E-state index contributed by atoms with van der Waals surface area (Å²) in [5.41, 5.74) is 0.400. The molecule has 0 radical (unpaired) electrons. The molecule has 2 aromatic carbocycles. The molecule has 0 aliphatic heterocycles. The molecule has 0 heterocycles. The lowest BCUT2D eigenvalue weighted by molar-refractivity contribution is -0.385. The zero-order chi connectivity index (χ0) is 19.8. The zero-order valence-electron chi connectivity index (χ0n) is 14.8. The van der Waals surface area contributed by atoms with E-state index in [1.54, 1.807) is 25.3 Å². The van der Waals surface area contributed by atoms with Crippen molar-refractivity contribution in [2.45, 2.75) is 6.54 Å². The van der Waals surface area contributed by atoms with Gasteiger partial charge in [-0.25, -0.2) is 4.79 Å². The second-order valence-electron chi connectivity index (χ2n) is 5.35. The van der Waals surface area contributed by atoms with Crippen molar-refractivity contribution in [1.82, 2.24) is 5.32 Å². The molecule has 0 aliphatic carbocycles. The fraction of sp³-hybridized carbons (Fsp3) is 0.222. The van der Waals surface area contributed by atoms with E-state index in [1.807, 2.05) is 6.07 Å². The fourth-order valence-corrected chi connectivity index (χ4v) is 2.21. The normalized spacial score (nSPS) is 10.0. The van der Waals surface area contributed by atoms with Gasteiger partial charge in [0.05, 0.1) is 24.7 Å². The third-order valence-corrected chi connectivity index (χ3v) is 3.57. The SMILES string of the molecule is COc1cccc(CNC(=O)COC(=O)c2ccc(OC)c([N+](=O)[O-])c2)c1. The van der Waals surface area contributed by atoms with Crippen molar-refractivity contribution < 1.29 is 28.7 Å². The number of amides is 1. The number of nitro groups is 1. The highest BCUT2D eigenvalue weighted by atomic mass is 16.6. The molecule has 0 fully saturated rings. The molecule has 1 amide bonds. The summed E-state index contributed by atoms with van der Waals surface area (Å²) in [5.74, 6) is -0.673. The molecule has 0 bridgehead atoms. The number of esters is 1. The number of nitro benzene ring substituents is 1. The average Bonchev–Trinajstić information content (AvgIpc) is 2.69. The third kappa shape index (κ3) is 5.43. The first kappa shape index (κ1) is 19.7. The summed E-state index contributed by atoms with van der Waals surface area (Å²) in [4.78, 5) is 34.2. The molecule has 0 saturated carbocycles. The van der Waals surface area contributed by atoms with Gasteiger partial charge in [-0.3, -0.25) is 14.9 Å². The molecule has 0 spiro atoms. The molecule has 0 aromatic heterocycles. The number of carbonyl (C=O) groups excluding carboxylic acids is 2. The lowest BCUT2D eigenvalue weighted by atomic mass is 10.2. The van der Waals surface area contributed by atoms with Crippen molar-refractivity contribution in [2.75, 3.05) is 20.8 Å². The average molecular weight is 374 g/mol. The molecule has 0 atom stereocenters. The van der Waals surface area contributed by atoms with Crippen molar-refractivity contribution in [3.05, 3.63) is 63.7 Å². The number of ether oxygens (including phenoxy) is 3. The van der Waals surface area contributed by atoms with Gasteiger partial charge in [-0.2, -0.15) is 0 Å². The minimum Gasteiger partial charge on any atom is -0.497 e. The van der Waals surface area contributed by atoms with Crippen molar-refractivity contribution in [3.63, 3.8) is 0 Å². The lowest BCUT2D eigenvalue weighted by Gasteiger charge is -2.08. The van der Waals surface area contributed by atoms with E-state index < -0.39 is 23.4 Å². The van der Waals surface area contributed by atoms with Crippen LogP contribution in [0.3, 0.4) is 0 Å². The quantitative estimate of drug-likeness (QED) is 0.427. The number of carbonyl (C=O) groups is 2. The Morgan fingerprint density at radius 2 is 1.89 bits per heavy atom. The Hall–Kier alpha value is -3.62. The molecule has 0 unspecified atom stereocenters. The van der Waals surface area contributed by atoms with Gasteiger partial charge in [0.1, 0.15) is 5.75 Å². The highest BCUT2D eigenvalue weighted by Crippen LogP contribution is 2.27. The largest absolute Gasteiger partial charge is 0.497 e. The summed E-state index contributed by atoms with van der Waals surface area (Å²) in [7, 11) is 2.83. The third-order valence-electron chi connectivity index (χ3n) is 3.57. The Morgan fingerprint density at radius 3 is 2.56 bits per heavy atom. The van der Waals surface area contributed by atoms with Crippen LogP contribution in [0.4, 0.5) is 5.69 Å². The minimum atomic E-state index is -0.850. The Morgan fingerprint density at radius 1 is 1.11 bits per heavy atom. The van der Waals surface area contributed by atoms with Gasteiger partial charge in [0.15, 0.2) is 12.4 Å². The Balaban J connectivity index is 1.90. The smallest absolute Gasteiger partial charge is 0.338 e. The van der Waals surface area contributed by atoms with E-state index in [4.69, 9.17) is 14.2 Å². The summed E-state index contributed by atoms with van der Waals surface area (Å²) >= 11 is 0. The fourth-order valence-electron chi connectivity index (χ4n) is 2.21. The molecule has 0 aliphatic rings. The van der Waals surface area contributed by atoms with Crippen molar-refractivity contribution in [2.24, 2.45) is 0 Å². The molecule has 2 rings (SSSR count). The predicted molar refractivity (Wildman–Crippen MR) is 94.8 cm³/mol. The van der Waals surface area contributed by atoms with E-state index in [-0.39, 0.29) is 23.5 Å². The van der Waals surface area contributed by atoms with E-state index in [0.717, 1.165) is 11.6 Å².